The molecule has 0 radical (unpaired) electrons. The number of hydrogen-bond donors (Lipinski definition) is 1. The Labute approximate surface area is 162 Å². The number of anilines is 1. The molecule has 0 aliphatic heterocycles. The van der Waals surface area contributed by atoms with Gasteiger partial charge in [0.25, 0.3) is 0 Å². The van der Waals surface area contributed by atoms with Crippen molar-refractivity contribution in [2.45, 2.75) is 26.8 Å². The number of aromatic nitrogens is 5. The number of rotatable bonds is 5. The topological polar surface area (TPSA) is 98.8 Å². The summed E-state index contributed by atoms with van der Waals surface area (Å²) in [4.78, 5) is 13.3. The third-order valence-corrected chi connectivity index (χ3v) is 4.40. The molecule has 28 heavy (non-hydrogen) atoms. The van der Waals surface area contributed by atoms with Crippen molar-refractivity contribution < 1.29 is 9.15 Å². The molecule has 1 aromatic carbocycles. The first-order valence-electron chi connectivity index (χ1n) is 8.87. The van der Waals surface area contributed by atoms with Crippen LogP contribution in [0.1, 0.15) is 30.3 Å². The molecule has 0 aliphatic carbocycles. The summed E-state index contributed by atoms with van der Waals surface area (Å²) in [7, 11) is 1.63. The van der Waals surface area contributed by atoms with Gasteiger partial charge in [0.05, 0.1) is 12.8 Å². The number of nitrogens with one attached hydrogen (secondary N) is 1. The summed E-state index contributed by atoms with van der Waals surface area (Å²) in [6, 6.07) is 7.73. The van der Waals surface area contributed by atoms with Crippen LogP contribution in [0.2, 0.25) is 0 Å². The van der Waals surface area contributed by atoms with E-state index in [0.717, 1.165) is 22.2 Å². The highest BCUT2D eigenvalue weighted by atomic mass is 16.5. The molecule has 1 atom stereocenters. The first kappa shape index (κ1) is 17.8. The van der Waals surface area contributed by atoms with E-state index in [-0.39, 0.29) is 6.04 Å². The Hall–Kier alpha value is -3.55. The fourth-order valence-corrected chi connectivity index (χ4v) is 2.95. The Balaban J connectivity index is 1.80. The van der Waals surface area contributed by atoms with Gasteiger partial charge in [0, 0.05) is 24.1 Å². The van der Waals surface area contributed by atoms with Gasteiger partial charge in [0.1, 0.15) is 29.5 Å². The molecule has 0 aliphatic rings. The third-order valence-electron chi connectivity index (χ3n) is 4.40. The summed E-state index contributed by atoms with van der Waals surface area (Å²) < 4.78 is 11.1. The lowest BCUT2D eigenvalue weighted by molar-refractivity contribution is 0.419. The van der Waals surface area contributed by atoms with E-state index in [9.17, 15) is 0 Å². The van der Waals surface area contributed by atoms with E-state index in [1.807, 2.05) is 44.3 Å². The highest BCUT2D eigenvalue weighted by Crippen LogP contribution is 2.34. The van der Waals surface area contributed by atoms with Gasteiger partial charge in [-0.15, -0.1) is 10.2 Å². The van der Waals surface area contributed by atoms with Crippen LogP contribution in [0.4, 0.5) is 5.82 Å². The number of methoxy groups -OCH3 is 1. The number of ether oxygens (including phenoxy) is 1. The molecule has 3 aromatic heterocycles. The lowest BCUT2D eigenvalue weighted by Crippen LogP contribution is -2.09. The SMILES string of the molecule is COc1cc(-c2ccc(C)cn2)cc2c(N[C@H](C)c3nnc(C)o3)ncnc12. The number of nitrogens with zero attached hydrogens (tertiary/aromatic N) is 5. The molecule has 0 bridgehead atoms. The largest absolute Gasteiger partial charge is 0.494 e. The maximum absolute atomic E-state index is 5.57. The van der Waals surface area contributed by atoms with Crippen molar-refractivity contribution in [2.75, 3.05) is 12.4 Å². The zero-order valence-electron chi connectivity index (χ0n) is 16.1. The standard InChI is InChI=1S/C20H20N6O2/c1-11-5-6-16(21-9-11)14-7-15-18(17(8-14)27-4)22-10-23-19(15)24-12(2)20-26-25-13(3)28-20/h5-10,12H,1-4H3,(H,22,23,24)/t12-/m1/s1. The van der Waals surface area contributed by atoms with Gasteiger partial charge in [0.2, 0.25) is 11.8 Å². The van der Waals surface area contributed by atoms with Gasteiger partial charge in [-0.1, -0.05) is 6.07 Å². The van der Waals surface area contributed by atoms with Crippen LogP contribution in [0.3, 0.4) is 0 Å². The molecule has 0 fully saturated rings. The van der Waals surface area contributed by atoms with Crippen LogP contribution >= 0.6 is 0 Å². The minimum absolute atomic E-state index is 0.216. The summed E-state index contributed by atoms with van der Waals surface area (Å²) in [5.41, 5.74) is 3.58. The van der Waals surface area contributed by atoms with Crippen LogP contribution in [-0.2, 0) is 0 Å². The molecule has 8 heteroatoms. The lowest BCUT2D eigenvalue weighted by Gasteiger charge is -2.14. The smallest absolute Gasteiger partial charge is 0.238 e. The van der Waals surface area contributed by atoms with Gasteiger partial charge < -0.3 is 14.5 Å². The summed E-state index contributed by atoms with van der Waals surface area (Å²) in [5.74, 6) is 2.32. The average Bonchev–Trinajstić information content (AvgIpc) is 3.14. The van der Waals surface area contributed by atoms with Crippen molar-refractivity contribution >= 4 is 16.7 Å². The highest BCUT2D eigenvalue weighted by Gasteiger charge is 2.17. The van der Waals surface area contributed by atoms with Crippen LogP contribution in [-0.4, -0.2) is 32.3 Å². The van der Waals surface area contributed by atoms with Crippen molar-refractivity contribution in [2.24, 2.45) is 0 Å². The maximum Gasteiger partial charge on any atom is 0.238 e. The molecular weight excluding hydrogens is 356 g/mol. The van der Waals surface area contributed by atoms with Gasteiger partial charge in [-0.05, 0) is 37.6 Å². The summed E-state index contributed by atoms with van der Waals surface area (Å²) >= 11 is 0. The van der Waals surface area contributed by atoms with Gasteiger partial charge >= 0.3 is 0 Å². The van der Waals surface area contributed by atoms with E-state index in [4.69, 9.17) is 9.15 Å². The van der Waals surface area contributed by atoms with E-state index in [1.54, 1.807) is 14.0 Å². The molecule has 3 heterocycles. The second-order valence-corrected chi connectivity index (χ2v) is 6.54. The molecule has 0 saturated heterocycles. The van der Waals surface area contributed by atoms with Crippen molar-refractivity contribution in [3.63, 3.8) is 0 Å². The van der Waals surface area contributed by atoms with Crippen molar-refractivity contribution in [1.82, 2.24) is 25.1 Å². The first-order chi connectivity index (χ1) is 13.5. The van der Waals surface area contributed by atoms with Crippen LogP contribution in [0, 0.1) is 13.8 Å². The molecule has 4 rings (SSSR count). The molecule has 0 spiro atoms. The molecule has 0 unspecified atom stereocenters. The van der Waals surface area contributed by atoms with E-state index >= 15 is 0 Å². The number of fused-ring (bicyclic) bond motifs is 1. The van der Waals surface area contributed by atoms with E-state index in [2.05, 4.69) is 30.5 Å². The molecule has 142 valence electrons. The van der Waals surface area contributed by atoms with Crippen molar-refractivity contribution in [1.29, 1.82) is 0 Å². The Bertz CT molecular complexity index is 1120. The summed E-state index contributed by atoms with van der Waals surface area (Å²) in [6.45, 7) is 5.70. The van der Waals surface area contributed by atoms with E-state index < -0.39 is 0 Å². The highest BCUT2D eigenvalue weighted by molar-refractivity contribution is 5.96. The first-order valence-corrected chi connectivity index (χ1v) is 8.87. The Kier molecular flexibility index (Phi) is 4.60. The third kappa shape index (κ3) is 3.36. The van der Waals surface area contributed by atoms with Crippen LogP contribution in [0.5, 0.6) is 5.75 Å². The summed E-state index contributed by atoms with van der Waals surface area (Å²) in [5, 5.41) is 12.1. The predicted molar refractivity (Wildman–Crippen MR) is 105 cm³/mol. The van der Waals surface area contributed by atoms with Gasteiger partial charge in [-0.3, -0.25) is 4.98 Å². The van der Waals surface area contributed by atoms with Crippen LogP contribution in [0.25, 0.3) is 22.2 Å². The normalized spacial score (nSPS) is 12.1. The second-order valence-electron chi connectivity index (χ2n) is 6.54. The van der Waals surface area contributed by atoms with Gasteiger partial charge in [-0.2, -0.15) is 0 Å². The second kappa shape index (κ2) is 7.22. The molecule has 8 nitrogen and oxygen atoms in total. The lowest BCUT2D eigenvalue weighted by atomic mass is 10.1. The van der Waals surface area contributed by atoms with Gasteiger partial charge in [0.15, 0.2) is 0 Å². The zero-order chi connectivity index (χ0) is 19.7. The van der Waals surface area contributed by atoms with Gasteiger partial charge in [-0.25, -0.2) is 9.97 Å². The van der Waals surface area contributed by atoms with Crippen molar-refractivity contribution in [3.05, 3.63) is 54.1 Å². The number of aryl methyl sites for hydroxylation is 2. The molecule has 0 amide bonds. The minimum atomic E-state index is -0.216. The minimum Gasteiger partial charge on any atom is -0.494 e. The quantitative estimate of drug-likeness (QED) is 0.560. The monoisotopic (exact) mass is 376 g/mol. The predicted octanol–water partition coefficient (Wildman–Crippen LogP) is 3.87. The Morgan fingerprint density at radius 2 is 1.93 bits per heavy atom. The Morgan fingerprint density at radius 3 is 2.61 bits per heavy atom. The average molecular weight is 376 g/mol. The molecule has 1 N–H and O–H groups in total. The van der Waals surface area contributed by atoms with Crippen LogP contribution in [0.15, 0.2) is 41.2 Å². The zero-order valence-corrected chi connectivity index (χ0v) is 16.1. The number of hydrogen-bond acceptors (Lipinski definition) is 8. The molecular formula is C20H20N6O2. The molecule has 0 saturated carbocycles. The van der Waals surface area contributed by atoms with Crippen LogP contribution < -0.4 is 10.1 Å². The fourth-order valence-electron chi connectivity index (χ4n) is 2.95. The molecule has 4 aromatic rings. The maximum atomic E-state index is 5.57. The summed E-state index contributed by atoms with van der Waals surface area (Å²) in [6.07, 6.45) is 3.34. The number of pyridine rings is 1. The van der Waals surface area contributed by atoms with Crippen molar-refractivity contribution in [3.8, 4) is 17.0 Å². The van der Waals surface area contributed by atoms with E-state index in [1.165, 1.54) is 6.33 Å². The van der Waals surface area contributed by atoms with E-state index in [0.29, 0.717) is 28.9 Å². The number of benzene rings is 1. The Morgan fingerprint density at radius 1 is 1.07 bits per heavy atom. The fraction of sp³-hybridized carbons (Fsp3) is 0.250.